The van der Waals surface area contributed by atoms with Crippen LogP contribution >= 0.6 is 0 Å². The molecule has 1 saturated heterocycles. The molecule has 1 aliphatic rings. The van der Waals surface area contributed by atoms with E-state index >= 15 is 0 Å². The average molecular weight is 309 g/mol. The van der Waals surface area contributed by atoms with Crippen molar-refractivity contribution in [3.05, 3.63) is 17.7 Å². The summed E-state index contributed by atoms with van der Waals surface area (Å²) in [7, 11) is 4.76. The van der Waals surface area contributed by atoms with Crippen molar-refractivity contribution in [3.63, 3.8) is 0 Å². The third-order valence-corrected chi connectivity index (χ3v) is 3.79. The summed E-state index contributed by atoms with van der Waals surface area (Å²) in [6.07, 6.45) is 0. The molecule has 0 aromatic heterocycles. The van der Waals surface area contributed by atoms with E-state index in [1.54, 1.807) is 52.2 Å². The second-order valence-electron chi connectivity index (χ2n) is 5.60. The Hall–Kier alpha value is -1.95. The number of methoxy groups -OCH3 is 3. The monoisotopic (exact) mass is 309 g/mol. The molecule has 0 atom stereocenters. The van der Waals surface area contributed by atoms with Crippen molar-refractivity contribution >= 4 is 5.91 Å². The minimum Gasteiger partial charge on any atom is -0.496 e. The van der Waals surface area contributed by atoms with Crippen LogP contribution in [-0.2, 0) is 16.1 Å². The van der Waals surface area contributed by atoms with Gasteiger partial charge >= 0.3 is 0 Å². The molecule has 1 aromatic carbocycles. The lowest BCUT2D eigenvalue weighted by atomic mass is 10.0. The lowest BCUT2D eigenvalue weighted by Gasteiger charge is -2.37. The molecule has 22 heavy (non-hydrogen) atoms. The van der Waals surface area contributed by atoms with Crippen LogP contribution in [0, 0.1) is 0 Å². The second kappa shape index (κ2) is 6.44. The van der Waals surface area contributed by atoms with Gasteiger partial charge in [-0.2, -0.15) is 0 Å². The fourth-order valence-electron chi connectivity index (χ4n) is 2.53. The molecule has 1 amide bonds. The number of nitrogens with zero attached hydrogens (tertiary/aromatic N) is 1. The molecule has 1 aromatic rings. The summed E-state index contributed by atoms with van der Waals surface area (Å²) >= 11 is 0. The van der Waals surface area contributed by atoms with Gasteiger partial charge in [-0.3, -0.25) is 4.79 Å². The highest BCUT2D eigenvalue weighted by Gasteiger charge is 2.37. The number of hydrogen-bond donors (Lipinski definition) is 0. The van der Waals surface area contributed by atoms with E-state index in [1.807, 2.05) is 0 Å². The molecule has 2 rings (SSSR count). The van der Waals surface area contributed by atoms with Gasteiger partial charge in [0.1, 0.15) is 22.8 Å². The number of amides is 1. The molecule has 0 N–H and O–H groups in total. The van der Waals surface area contributed by atoms with E-state index in [9.17, 15) is 4.79 Å². The predicted molar refractivity (Wildman–Crippen MR) is 81.5 cm³/mol. The first-order valence-electron chi connectivity index (χ1n) is 7.15. The van der Waals surface area contributed by atoms with Gasteiger partial charge in [0.25, 0.3) is 5.91 Å². The summed E-state index contributed by atoms with van der Waals surface area (Å²) in [5.74, 6) is 1.87. The third-order valence-electron chi connectivity index (χ3n) is 3.79. The Morgan fingerprint density at radius 1 is 1.14 bits per heavy atom. The smallest absolute Gasteiger partial charge is 0.254 e. The van der Waals surface area contributed by atoms with Crippen molar-refractivity contribution in [3.8, 4) is 17.2 Å². The molecular weight excluding hydrogens is 286 g/mol. The van der Waals surface area contributed by atoms with Crippen molar-refractivity contribution in [2.45, 2.75) is 26.0 Å². The Bertz CT molecular complexity index is 530. The summed E-state index contributed by atoms with van der Waals surface area (Å²) in [6, 6.07) is 3.57. The third kappa shape index (κ3) is 3.11. The van der Waals surface area contributed by atoms with Gasteiger partial charge in [0.2, 0.25) is 0 Å². The van der Waals surface area contributed by atoms with Crippen molar-refractivity contribution in [1.82, 2.24) is 4.90 Å². The topological polar surface area (TPSA) is 57.2 Å². The molecule has 0 bridgehead atoms. The number of benzene rings is 1. The minimum atomic E-state index is -0.800. The first-order valence-corrected chi connectivity index (χ1v) is 7.15. The van der Waals surface area contributed by atoms with Gasteiger partial charge in [0, 0.05) is 18.7 Å². The molecule has 0 radical (unpaired) electrons. The van der Waals surface area contributed by atoms with Crippen molar-refractivity contribution in [2.75, 3.05) is 34.5 Å². The summed E-state index contributed by atoms with van der Waals surface area (Å²) in [4.78, 5) is 14.2. The fraction of sp³-hybridized carbons (Fsp3) is 0.562. The van der Waals surface area contributed by atoms with E-state index in [0.717, 1.165) is 5.56 Å². The maximum Gasteiger partial charge on any atom is 0.254 e. The van der Waals surface area contributed by atoms with Gasteiger partial charge in [-0.15, -0.1) is 0 Å². The van der Waals surface area contributed by atoms with Gasteiger partial charge in [0.05, 0.1) is 40.0 Å². The lowest BCUT2D eigenvalue weighted by molar-refractivity contribution is -0.166. The number of rotatable bonds is 5. The number of carbonyl (C=O) groups is 1. The molecule has 6 heteroatoms. The maximum atomic E-state index is 12.5. The quantitative estimate of drug-likeness (QED) is 0.831. The molecule has 0 aliphatic carbocycles. The maximum absolute atomic E-state index is 12.5. The van der Waals surface area contributed by atoms with E-state index < -0.39 is 5.60 Å². The molecule has 0 saturated carbocycles. The van der Waals surface area contributed by atoms with Crippen LogP contribution in [0.15, 0.2) is 12.1 Å². The average Bonchev–Trinajstić information content (AvgIpc) is 2.51. The summed E-state index contributed by atoms with van der Waals surface area (Å²) in [5.41, 5.74) is 0.0161. The second-order valence-corrected chi connectivity index (χ2v) is 5.60. The normalized spacial score (nSPS) is 17.3. The van der Waals surface area contributed by atoms with Crippen LogP contribution in [0.1, 0.15) is 19.4 Å². The van der Waals surface area contributed by atoms with Gasteiger partial charge < -0.3 is 23.8 Å². The van der Waals surface area contributed by atoms with Crippen molar-refractivity contribution < 1.29 is 23.7 Å². The zero-order chi connectivity index (χ0) is 16.3. The van der Waals surface area contributed by atoms with Gasteiger partial charge in [0.15, 0.2) is 0 Å². The number of carbonyl (C=O) groups excluding carboxylic acids is 1. The molecule has 1 aliphatic heterocycles. The van der Waals surface area contributed by atoms with Gasteiger partial charge in [-0.1, -0.05) is 0 Å². The van der Waals surface area contributed by atoms with Crippen LogP contribution in [0.3, 0.4) is 0 Å². The van der Waals surface area contributed by atoms with Crippen LogP contribution in [0.4, 0.5) is 0 Å². The van der Waals surface area contributed by atoms with Crippen molar-refractivity contribution in [2.24, 2.45) is 0 Å². The summed E-state index contributed by atoms with van der Waals surface area (Å²) in [6.45, 7) is 5.02. The first-order chi connectivity index (χ1) is 10.4. The SMILES string of the molecule is COc1cc(OC)c(CN2CCOC(C)(C)C2=O)c(OC)c1. The number of morpholine rings is 1. The fourth-order valence-corrected chi connectivity index (χ4v) is 2.53. The highest BCUT2D eigenvalue weighted by molar-refractivity contribution is 5.85. The van der Waals surface area contributed by atoms with E-state index in [-0.39, 0.29) is 5.91 Å². The van der Waals surface area contributed by atoms with E-state index in [4.69, 9.17) is 18.9 Å². The van der Waals surface area contributed by atoms with Gasteiger partial charge in [-0.25, -0.2) is 0 Å². The molecular formula is C16H23NO5. The van der Waals surface area contributed by atoms with Crippen LogP contribution in [0.5, 0.6) is 17.2 Å². The van der Waals surface area contributed by atoms with Crippen LogP contribution in [0.2, 0.25) is 0 Å². The highest BCUT2D eigenvalue weighted by Crippen LogP contribution is 2.35. The van der Waals surface area contributed by atoms with Crippen LogP contribution in [-0.4, -0.2) is 50.9 Å². The number of hydrogen-bond acceptors (Lipinski definition) is 5. The van der Waals surface area contributed by atoms with Crippen LogP contribution in [0.25, 0.3) is 0 Å². The molecule has 0 spiro atoms. The molecule has 0 unspecified atom stereocenters. The predicted octanol–water partition coefficient (Wildman–Crippen LogP) is 1.85. The van der Waals surface area contributed by atoms with Crippen molar-refractivity contribution in [1.29, 1.82) is 0 Å². The van der Waals surface area contributed by atoms with Gasteiger partial charge in [-0.05, 0) is 13.8 Å². The Balaban J connectivity index is 2.34. The lowest BCUT2D eigenvalue weighted by Crippen LogP contribution is -2.52. The Morgan fingerprint density at radius 3 is 2.23 bits per heavy atom. The molecule has 6 nitrogen and oxygen atoms in total. The zero-order valence-electron chi connectivity index (χ0n) is 13.8. The largest absolute Gasteiger partial charge is 0.496 e. The standard InChI is InChI=1S/C16H23NO5/c1-16(2)15(18)17(6-7-22-16)10-12-13(20-4)8-11(19-3)9-14(12)21-5/h8-9H,6-7,10H2,1-5H3. The Kier molecular flexibility index (Phi) is 4.81. The van der Waals surface area contributed by atoms with E-state index in [0.29, 0.717) is 36.9 Å². The minimum absolute atomic E-state index is 0.0429. The summed E-state index contributed by atoms with van der Waals surface area (Å²) < 4.78 is 21.6. The Labute approximate surface area is 130 Å². The molecule has 122 valence electrons. The number of ether oxygens (including phenoxy) is 4. The van der Waals surface area contributed by atoms with E-state index in [2.05, 4.69) is 0 Å². The van der Waals surface area contributed by atoms with E-state index in [1.165, 1.54) is 0 Å². The Morgan fingerprint density at radius 2 is 1.73 bits per heavy atom. The highest BCUT2D eigenvalue weighted by atomic mass is 16.5. The van der Waals surface area contributed by atoms with Crippen LogP contribution < -0.4 is 14.2 Å². The summed E-state index contributed by atoms with van der Waals surface area (Å²) in [5, 5.41) is 0. The first kappa shape index (κ1) is 16.4. The zero-order valence-corrected chi connectivity index (χ0v) is 13.8. The molecule has 1 heterocycles. The molecule has 1 fully saturated rings.